The van der Waals surface area contributed by atoms with Crippen LogP contribution in [0.2, 0.25) is 0 Å². The average molecular weight is 511 g/mol. The topological polar surface area (TPSA) is 84.9 Å². The first kappa shape index (κ1) is 27.1. The lowest BCUT2D eigenvalue weighted by molar-refractivity contribution is -0.119. The first-order valence-corrected chi connectivity index (χ1v) is 13.2. The zero-order valence-corrected chi connectivity index (χ0v) is 22.3. The van der Waals surface area contributed by atoms with Gasteiger partial charge in [0.05, 0.1) is 24.8 Å². The molecule has 0 aliphatic rings. The van der Waals surface area contributed by atoms with E-state index in [1.807, 2.05) is 45.0 Å². The van der Waals surface area contributed by atoms with E-state index in [4.69, 9.17) is 9.47 Å². The highest BCUT2D eigenvalue weighted by atomic mass is 32.2. The van der Waals surface area contributed by atoms with E-state index in [1.54, 1.807) is 50.6 Å². The van der Waals surface area contributed by atoms with E-state index in [-0.39, 0.29) is 17.3 Å². The molecular weight excluding hydrogens is 476 g/mol. The van der Waals surface area contributed by atoms with Gasteiger partial charge in [0.2, 0.25) is 5.91 Å². The molecule has 192 valence electrons. The maximum Gasteiger partial charge on any atom is 0.264 e. The van der Waals surface area contributed by atoms with Gasteiger partial charge in [0.25, 0.3) is 10.0 Å². The zero-order valence-electron chi connectivity index (χ0n) is 21.5. The summed E-state index contributed by atoms with van der Waals surface area (Å²) in [6.07, 6.45) is 1.42. The fourth-order valence-corrected chi connectivity index (χ4v) is 5.36. The number of carbonyl (C=O) groups excluding carboxylic acids is 1. The van der Waals surface area contributed by atoms with Crippen LogP contribution in [-0.4, -0.2) is 41.6 Å². The SMILES string of the molecule is COc1ccc(CCCNC(=O)CN(c2cccc(C)c2C)S(=O)(=O)c2ccc(C)cc2)cc1OC. The third kappa shape index (κ3) is 6.37. The number of nitrogens with zero attached hydrogens (tertiary/aromatic N) is 1. The molecule has 0 saturated heterocycles. The van der Waals surface area contributed by atoms with Gasteiger partial charge in [-0.05, 0) is 80.6 Å². The molecular formula is C28H34N2O5S. The molecule has 3 aromatic carbocycles. The van der Waals surface area contributed by atoms with Gasteiger partial charge >= 0.3 is 0 Å². The molecule has 0 saturated carbocycles. The number of ether oxygens (including phenoxy) is 2. The van der Waals surface area contributed by atoms with Crippen molar-refractivity contribution in [2.45, 2.75) is 38.5 Å². The number of hydrogen-bond donors (Lipinski definition) is 1. The van der Waals surface area contributed by atoms with Gasteiger partial charge in [-0.2, -0.15) is 0 Å². The van der Waals surface area contributed by atoms with Gasteiger partial charge < -0.3 is 14.8 Å². The number of benzene rings is 3. The van der Waals surface area contributed by atoms with E-state index in [9.17, 15) is 13.2 Å². The Morgan fingerprint density at radius 3 is 2.28 bits per heavy atom. The Hall–Kier alpha value is -3.52. The third-order valence-corrected chi connectivity index (χ3v) is 7.93. The molecule has 0 aromatic heterocycles. The van der Waals surface area contributed by atoms with Crippen LogP contribution in [0, 0.1) is 20.8 Å². The minimum atomic E-state index is -3.95. The standard InChI is InChI=1S/C28H34N2O5S/c1-20-11-14-24(15-12-20)36(32,33)30(25-10-6-8-21(2)22(25)3)19-28(31)29-17-7-9-23-13-16-26(34-4)27(18-23)35-5/h6,8,10-16,18H,7,9,17,19H2,1-5H3,(H,29,31). The monoisotopic (exact) mass is 510 g/mol. The smallest absolute Gasteiger partial charge is 0.264 e. The van der Waals surface area contributed by atoms with Crippen LogP contribution in [0.4, 0.5) is 5.69 Å². The number of hydrogen-bond acceptors (Lipinski definition) is 5. The number of anilines is 1. The predicted molar refractivity (Wildman–Crippen MR) is 143 cm³/mol. The molecule has 0 radical (unpaired) electrons. The summed E-state index contributed by atoms with van der Waals surface area (Å²) >= 11 is 0. The van der Waals surface area contributed by atoms with Crippen LogP contribution < -0.4 is 19.1 Å². The second-order valence-corrected chi connectivity index (χ2v) is 10.5. The quantitative estimate of drug-likeness (QED) is 0.382. The van der Waals surface area contributed by atoms with Crippen LogP contribution in [0.1, 0.15) is 28.7 Å². The minimum absolute atomic E-state index is 0.148. The fraction of sp³-hybridized carbons (Fsp3) is 0.321. The lowest BCUT2D eigenvalue weighted by Crippen LogP contribution is -2.41. The summed E-state index contributed by atoms with van der Waals surface area (Å²) in [5.41, 5.74) is 4.28. The molecule has 0 heterocycles. The van der Waals surface area contributed by atoms with E-state index < -0.39 is 10.0 Å². The number of carbonyl (C=O) groups is 1. The number of aryl methyl sites for hydroxylation is 3. The van der Waals surface area contributed by atoms with Gasteiger partial charge in [-0.3, -0.25) is 9.10 Å². The molecule has 3 rings (SSSR count). The van der Waals surface area contributed by atoms with Crippen molar-refractivity contribution in [1.29, 1.82) is 0 Å². The molecule has 1 N–H and O–H groups in total. The third-order valence-electron chi connectivity index (χ3n) is 6.15. The van der Waals surface area contributed by atoms with Crippen molar-refractivity contribution in [3.63, 3.8) is 0 Å². The Labute approximate surface area is 214 Å². The minimum Gasteiger partial charge on any atom is -0.493 e. The average Bonchev–Trinajstić information content (AvgIpc) is 2.87. The van der Waals surface area contributed by atoms with Crippen LogP contribution in [0.25, 0.3) is 0 Å². The Bertz CT molecular complexity index is 1300. The van der Waals surface area contributed by atoms with Gasteiger partial charge in [0, 0.05) is 6.54 Å². The summed E-state index contributed by atoms with van der Waals surface area (Å²) in [7, 11) is -0.764. The van der Waals surface area contributed by atoms with Crippen molar-refractivity contribution >= 4 is 21.6 Å². The molecule has 1 amide bonds. The van der Waals surface area contributed by atoms with Crippen LogP contribution >= 0.6 is 0 Å². The second-order valence-electron chi connectivity index (χ2n) is 8.69. The number of methoxy groups -OCH3 is 2. The number of rotatable bonds is 11. The normalized spacial score (nSPS) is 11.1. The van der Waals surface area contributed by atoms with Crippen molar-refractivity contribution in [2.75, 3.05) is 31.6 Å². The Balaban J connectivity index is 1.72. The molecule has 0 unspecified atom stereocenters. The summed E-state index contributed by atoms with van der Waals surface area (Å²) in [6.45, 7) is 5.79. The van der Waals surface area contributed by atoms with Crippen LogP contribution in [0.15, 0.2) is 65.6 Å². The number of amides is 1. The predicted octanol–water partition coefficient (Wildman–Crippen LogP) is 4.57. The molecule has 8 heteroatoms. The van der Waals surface area contributed by atoms with E-state index in [1.165, 1.54) is 4.31 Å². The Morgan fingerprint density at radius 1 is 0.917 bits per heavy atom. The summed E-state index contributed by atoms with van der Waals surface area (Å²) in [5, 5.41) is 2.87. The maximum atomic E-state index is 13.6. The van der Waals surface area contributed by atoms with Crippen LogP contribution in [-0.2, 0) is 21.2 Å². The van der Waals surface area contributed by atoms with Gasteiger partial charge in [0.15, 0.2) is 11.5 Å². The molecule has 0 aliphatic carbocycles. The molecule has 3 aromatic rings. The number of nitrogens with one attached hydrogen (secondary N) is 1. The Kier molecular flexibility index (Phi) is 8.98. The van der Waals surface area contributed by atoms with Gasteiger partial charge in [-0.25, -0.2) is 8.42 Å². The molecule has 7 nitrogen and oxygen atoms in total. The summed E-state index contributed by atoms with van der Waals surface area (Å²) < 4.78 is 39.0. The number of sulfonamides is 1. The van der Waals surface area contributed by atoms with Crippen LogP contribution in [0.3, 0.4) is 0 Å². The molecule has 0 aliphatic heterocycles. The van der Waals surface area contributed by atoms with Crippen molar-refractivity contribution in [1.82, 2.24) is 5.32 Å². The first-order valence-electron chi connectivity index (χ1n) is 11.8. The van der Waals surface area contributed by atoms with Crippen molar-refractivity contribution in [2.24, 2.45) is 0 Å². The van der Waals surface area contributed by atoms with Crippen LogP contribution in [0.5, 0.6) is 11.5 Å². The second kappa shape index (κ2) is 11.9. The van der Waals surface area contributed by atoms with E-state index in [0.29, 0.717) is 30.2 Å². The van der Waals surface area contributed by atoms with Crippen molar-refractivity contribution in [3.05, 3.63) is 82.9 Å². The highest BCUT2D eigenvalue weighted by Gasteiger charge is 2.28. The van der Waals surface area contributed by atoms with Gasteiger partial charge in [-0.15, -0.1) is 0 Å². The summed E-state index contributed by atoms with van der Waals surface area (Å²) in [4.78, 5) is 13.0. The Morgan fingerprint density at radius 2 is 1.61 bits per heavy atom. The van der Waals surface area contributed by atoms with Gasteiger partial charge in [-0.1, -0.05) is 35.9 Å². The largest absolute Gasteiger partial charge is 0.493 e. The zero-order chi connectivity index (χ0) is 26.3. The first-order chi connectivity index (χ1) is 17.2. The van der Waals surface area contributed by atoms with Crippen molar-refractivity contribution < 1.29 is 22.7 Å². The highest BCUT2D eigenvalue weighted by molar-refractivity contribution is 7.92. The van der Waals surface area contributed by atoms with E-state index in [0.717, 1.165) is 28.7 Å². The summed E-state index contributed by atoms with van der Waals surface area (Å²) in [6, 6.07) is 17.8. The maximum absolute atomic E-state index is 13.6. The summed E-state index contributed by atoms with van der Waals surface area (Å²) in [5.74, 6) is 0.958. The molecule has 36 heavy (non-hydrogen) atoms. The highest BCUT2D eigenvalue weighted by Crippen LogP contribution is 2.29. The van der Waals surface area contributed by atoms with Crippen molar-refractivity contribution in [3.8, 4) is 11.5 Å². The molecule has 0 spiro atoms. The molecule has 0 atom stereocenters. The van der Waals surface area contributed by atoms with Gasteiger partial charge in [0.1, 0.15) is 6.54 Å². The fourth-order valence-electron chi connectivity index (χ4n) is 3.89. The lowest BCUT2D eigenvalue weighted by atomic mass is 10.1. The lowest BCUT2D eigenvalue weighted by Gasteiger charge is -2.26. The molecule has 0 bridgehead atoms. The van der Waals surface area contributed by atoms with E-state index >= 15 is 0 Å². The van der Waals surface area contributed by atoms with E-state index in [2.05, 4.69) is 5.32 Å². The molecule has 0 fully saturated rings.